The van der Waals surface area contributed by atoms with Gasteiger partial charge in [-0.25, -0.2) is 0 Å². The highest BCUT2D eigenvalue weighted by molar-refractivity contribution is 5.07. The van der Waals surface area contributed by atoms with Crippen LogP contribution in [0.5, 0.6) is 0 Å². The normalized spacial score (nSPS) is 31.0. The van der Waals surface area contributed by atoms with Gasteiger partial charge in [0.1, 0.15) is 0 Å². The molecule has 0 aromatic heterocycles. The minimum atomic E-state index is 0.692. The lowest BCUT2D eigenvalue weighted by molar-refractivity contribution is 0.236. The highest BCUT2D eigenvalue weighted by atomic mass is 15.1. The van der Waals surface area contributed by atoms with Crippen LogP contribution in [-0.4, -0.2) is 18.5 Å². The van der Waals surface area contributed by atoms with Gasteiger partial charge >= 0.3 is 0 Å². The van der Waals surface area contributed by atoms with E-state index in [0.29, 0.717) is 5.92 Å². The van der Waals surface area contributed by atoms with E-state index >= 15 is 0 Å². The molecule has 1 nitrogen and oxygen atoms in total. The molecule has 16 heavy (non-hydrogen) atoms. The number of hydrogen-bond donors (Lipinski definition) is 0. The molecule has 0 aromatic carbocycles. The third-order valence-corrected chi connectivity index (χ3v) is 3.89. The van der Waals surface area contributed by atoms with Gasteiger partial charge in [-0.2, -0.15) is 0 Å². The summed E-state index contributed by atoms with van der Waals surface area (Å²) in [5.41, 5.74) is 1.46. The van der Waals surface area contributed by atoms with Crippen molar-refractivity contribution in [3.8, 4) is 0 Å². The standard InChI is InChI=1S/C15H27N/c1-6-7-8-16(5)11-15-10-13(3)12(2)9-14(15)4/h7-8,12-13,15H,4,6,9-11H2,1-3,5H3/b8-7-/t12?,13-,15?/m1/s1. The molecule has 3 atom stereocenters. The molecule has 1 aliphatic rings. The lowest BCUT2D eigenvalue weighted by atomic mass is 9.73. The van der Waals surface area contributed by atoms with Crippen LogP contribution in [0.25, 0.3) is 0 Å². The van der Waals surface area contributed by atoms with Gasteiger partial charge in [-0.05, 0) is 43.2 Å². The monoisotopic (exact) mass is 221 g/mol. The van der Waals surface area contributed by atoms with E-state index in [9.17, 15) is 0 Å². The van der Waals surface area contributed by atoms with Gasteiger partial charge in [-0.3, -0.25) is 0 Å². The van der Waals surface area contributed by atoms with Crippen molar-refractivity contribution in [2.45, 2.75) is 40.0 Å². The van der Waals surface area contributed by atoms with Crippen molar-refractivity contribution >= 4 is 0 Å². The molecule has 0 aliphatic heterocycles. The van der Waals surface area contributed by atoms with Crippen LogP contribution in [0.1, 0.15) is 40.0 Å². The first-order chi connectivity index (χ1) is 7.54. The number of rotatable bonds is 4. The summed E-state index contributed by atoms with van der Waals surface area (Å²) in [4.78, 5) is 2.31. The predicted octanol–water partition coefficient (Wildman–Crippen LogP) is 4.08. The first kappa shape index (κ1) is 13.3. The average Bonchev–Trinajstić information content (AvgIpc) is 2.23. The summed E-state index contributed by atoms with van der Waals surface area (Å²) in [6.45, 7) is 12.3. The Balaban J connectivity index is 2.47. The summed E-state index contributed by atoms with van der Waals surface area (Å²) in [7, 11) is 2.17. The summed E-state index contributed by atoms with van der Waals surface area (Å²) in [6.07, 6.45) is 8.07. The van der Waals surface area contributed by atoms with Crippen molar-refractivity contribution in [3.63, 3.8) is 0 Å². The van der Waals surface area contributed by atoms with E-state index < -0.39 is 0 Å². The Bertz CT molecular complexity index is 254. The van der Waals surface area contributed by atoms with E-state index in [1.165, 1.54) is 18.4 Å². The molecule has 0 radical (unpaired) electrons. The maximum atomic E-state index is 4.26. The Morgan fingerprint density at radius 3 is 2.69 bits per heavy atom. The summed E-state index contributed by atoms with van der Waals surface area (Å²) in [5, 5.41) is 0. The molecule has 1 rings (SSSR count). The molecule has 0 saturated heterocycles. The van der Waals surface area contributed by atoms with Crippen LogP contribution in [0.4, 0.5) is 0 Å². The van der Waals surface area contributed by atoms with Crippen molar-refractivity contribution in [2.75, 3.05) is 13.6 Å². The summed E-state index contributed by atoms with van der Waals surface area (Å²) in [5.74, 6) is 2.36. The van der Waals surface area contributed by atoms with Crippen molar-refractivity contribution in [2.24, 2.45) is 17.8 Å². The molecule has 2 unspecified atom stereocenters. The smallest absolute Gasteiger partial charge is 0.0234 e. The Labute approximate surface area is 101 Å². The average molecular weight is 221 g/mol. The topological polar surface area (TPSA) is 3.24 Å². The van der Waals surface area contributed by atoms with Crippen molar-refractivity contribution in [1.82, 2.24) is 4.90 Å². The molecule has 1 aliphatic carbocycles. The maximum Gasteiger partial charge on any atom is 0.0234 e. The fourth-order valence-corrected chi connectivity index (χ4v) is 2.53. The number of hydrogen-bond acceptors (Lipinski definition) is 1. The van der Waals surface area contributed by atoms with E-state index in [0.717, 1.165) is 24.8 Å². The Morgan fingerprint density at radius 1 is 1.38 bits per heavy atom. The largest absolute Gasteiger partial charge is 0.380 e. The van der Waals surface area contributed by atoms with Gasteiger partial charge in [0.25, 0.3) is 0 Å². The number of nitrogens with zero attached hydrogens (tertiary/aromatic N) is 1. The van der Waals surface area contributed by atoms with Crippen LogP contribution in [0.3, 0.4) is 0 Å². The minimum absolute atomic E-state index is 0.692. The first-order valence-corrected chi connectivity index (χ1v) is 6.59. The van der Waals surface area contributed by atoms with E-state index in [-0.39, 0.29) is 0 Å². The highest BCUT2D eigenvalue weighted by Crippen LogP contribution is 2.36. The SMILES string of the molecule is C=C1CC(C)[C@H](C)CC1CN(C)/C=C\CC. The lowest BCUT2D eigenvalue weighted by Gasteiger charge is -2.35. The zero-order valence-corrected chi connectivity index (χ0v) is 11.4. The van der Waals surface area contributed by atoms with Crippen LogP contribution in [0.2, 0.25) is 0 Å². The third-order valence-electron chi connectivity index (χ3n) is 3.89. The van der Waals surface area contributed by atoms with Crippen molar-refractivity contribution in [1.29, 1.82) is 0 Å². The second kappa shape index (κ2) is 6.12. The molecule has 1 saturated carbocycles. The summed E-state index contributed by atoms with van der Waals surface area (Å²) >= 11 is 0. The molecular formula is C15H27N. The van der Waals surface area contributed by atoms with Crippen LogP contribution >= 0.6 is 0 Å². The van der Waals surface area contributed by atoms with Gasteiger partial charge in [0.05, 0.1) is 0 Å². The zero-order chi connectivity index (χ0) is 12.1. The maximum absolute atomic E-state index is 4.26. The van der Waals surface area contributed by atoms with Gasteiger partial charge in [0, 0.05) is 13.6 Å². The fourth-order valence-electron chi connectivity index (χ4n) is 2.53. The zero-order valence-electron chi connectivity index (χ0n) is 11.4. The molecule has 0 bridgehead atoms. The Morgan fingerprint density at radius 2 is 2.06 bits per heavy atom. The first-order valence-electron chi connectivity index (χ1n) is 6.59. The minimum Gasteiger partial charge on any atom is -0.380 e. The Kier molecular flexibility index (Phi) is 5.11. The summed E-state index contributed by atoms with van der Waals surface area (Å²) < 4.78 is 0. The van der Waals surface area contributed by atoms with Crippen LogP contribution < -0.4 is 0 Å². The van der Waals surface area contributed by atoms with E-state index in [2.05, 4.69) is 51.6 Å². The molecular weight excluding hydrogens is 194 g/mol. The molecule has 0 spiro atoms. The van der Waals surface area contributed by atoms with E-state index in [4.69, 9.17) is 0 Å². The fraction of sp³-hybridized carbons (Fsp3) is 0.733. The van der Waals surface area contributed by atoms with E-state index in [1.54, 1.807) is 0 Å². The molecule has 0 heterocycles. The number of allylic oxidation sites excluding steroid dienone is 1. The van der Waals surface area contributed by atoms with Gasteiger partial charge in [0.2, 0.25) is 0 Å². The highest BCUT2D eigenvalue weighted by Gasteiger charge is 2.27. The van der Waals surface area contributed by atoms with Gasteiger partial charge < -0.3 is 4.90 Å². The lowest BCUT2D eigenvalue weighted by Crippen LogP contribution is -2.30. The van der Waals surface area contributed by atoms with Gasteiger partial charge in [0.15, 0.2) is 0 Å². The van der Waals surface area contributed by atoms with Gasteiger partial charge in [-0.1, -0.05) is 39.0 Å². The van der Waals surface area contributed by atoms with Crippen molar-refractivity contribution in [3.05, 3.63) is 24.4 Å². The van der Waals surface area contributed by atoms with Crippen LogP contribution in [0, 0.1) is 17.8 Å². The third kappa shape index (κ3) is 3.70. The molecule has 92 valence electrons. The molecule has 1 heteroatoms. The van der Waals surface area contributed by atoms with E-state index in [1.807, 2.05) is 0 Å². The summed E-state index contributed by atoms with van der Waals surface area (Å²) in [6, 6.07) is 0. The Hall–Kier alpha value is -0.720. The molecule has 1 fully saturated rings. The molecule has 0 amide bonds. The van der Waals surface area contributed by atoms with Crippen LogP contribution in [0.15, 0.2) is 24.4 Å². The predicted molar refractivity (Wildman–Crippen MR) is 72.3 cm³/mol. The van der Waals surface area contributed by atoms with Crippen LogP contribution in [-0.2, 0) is 0 Å². The molecule has 0 N–H and O–H groups in total. The second-order valence-corrected chi connectivity index (χ2v) is 5.48. The van der Waals surface area contributed by atoms with Crippen molar-refractivity contribution < 1.29 is 0 Å². The van der Waals surface area contributed by atoms with Gasteiger partial charge in [-0.15, -0.1) is 0 Å². The second-order valence-electron chi connectivity index (χ2n) is 5.48. The quantitative estimate of drug-likeness (QED) is 0.647. The molecule has 0 aromatic rings.